The van der Waals surface area contributed by atoms with Crippen LogP contribution < -0.4 is 42.5 Å². The summed E-state index contributed by atoms with van der Waals surface area (Å²) >= 11 is 0. The minimum atomic E-state index is -0.969. The normalized spacial score (nSPS) is 22.1. The van der Waals surface area contributed by atoms with Crippen molar-refractivity contribution in [2.45, 2.75) is 175 Å². The van der Waals surface area contributed by atoms with Crippen LogP contribution in [0.3, 0.4) is 0 Å². The Bertz CT molecular complexity index is 2800. The number of fused-ring (bicyclic) bond motifs is 3. The van der Waals surface area contributed by atoms with Gasteiger partial charge in [0.05, 0.1) is 24.2 Å². The number of likely N-dealkylation sites (tertiary alicyclic amines) is 2. The van der Waals surface area contributed by atoms with E-state index in [4.69, 9.17) is 0 Å². The number of nitrogens with one attached hydrogen (secondary N) is 8. The quantitative estimate of drug-likeness (QED) is 0.0697. The SMILES string of the molecule is C.CN[C@@H](C)C(=O)N[C@H](C(=O)N1C[C@@H](NC(=O)c2ccc3cc(C(=O)N[C@H]4C[C@@H](C(=O)N[C@@H]5CCCc6ccccc65)N(C(=O)[C@@H](NC(=O)[C@H](C)NC)C(C)(C)C)C4)ccc3c2)C[C@H]1C(=O)N[C@@H]1CCCc2ccccc21)C(C)(C)C. The highest BCUT2D eigenvalue weighted by Gasteiger charge is 2.48. The first kappa shape index (κ1) is 61.4. The highest BCUT2D eigenvalue weighted by molar-refractivity contribution is 6.03. The van der Waals surface area contributed by atoms with Crippen molar-refractivity contribution in [1.29, 1.82) is 0 Å². The molecule has 8 N–H and O–H groups in total. The fourth-order valence-electron chi connectivity index (χ4n) is 11.7. The molecule has 0 bridgehead atoms. The van der Waals surface area contributed by atoms with Crippen molar-refractivity contribution >= 4 is 58.0 Å². The van der Waals surface area contributed by atoms with Crippen LogP contribution >= 0.6 is 0 Å². The average Bonchev–Trinajstić information content (AvgIpc) is 4.19. The van der Waals surface area contributed by atoms with Gasteiger partial charge < -0.3 is 52.3 Å². The third-order valence-corrected chi connectivity index (χ3v) is 16.6. The Morgan fingerprint density at radius 2 is 0.889 bits per heavy atom. The fraction of sp³-hybridized carbons (Fsp3) is 0.524. The molecule has 8 rings (SSSR count). The van der Waals surface area contributed by atoms with Crippen molar-refractivity contribution in [3.05, 3.63) is 118 Å². The summed E-state index contributed by atoms with van der Waals surface area (Å²) in [6.45, 7) is 14.7. The molecule has 0 aromatic heterocycles. The van der Waals surface area contributed by atoms with Crippen molar-refractivity contribution in [2.24, 2.45) is 10.8 Å². The number of carbonyl (C=O) groups is 8. The third kappa shape index (κ3) is 14.1. The second-order valence-electron chi connectivity index (χ2n) is 24.5. The molecule has 81 heavy (non-hydrogen) atoms. The lowest BCUT2D eigenvalue weighted by molar-refractivity contribution is -0.144. The molecule has 18 nitrogen and oxygen atoms in total. The second kappa shape index (κ2) is 25.7. The van der Waals surface area contributed by atoms with Crippen molar-refractivity contribution in [3.8, 4) is 0 Å². The van der Waals surface area contributed by atoms with Crippen molar-refractivity contribution in [1.82, 2.24) is 52.3 Å². The van der Waals surface area contributed by atoms with Crippen molar-refractivity contribution in [2.75, 3.05) is 27.2 Å². The van der Waals surface area contributed by atoms with E-state index in [1.165, 1.54) is 20.9 Å². The third-order valence-electron chi connectivity index (χ3n) is 16.6. The molecule has 4 aromatic carbocycles. The van der Waals surface area contributed by atoms with Gasteiger partial charge in [-0.25, -0.2) is 0 Å². The lowest BCUT2D eigenvalue weighted by Crippen LogP contribution is -2.59. The molecule has 18 heteroatoms. The Labute approximate surface area is 477 Å². The highest BCUT2D eigenvalue weighted by Crippen LogP contribution is 2.34. The molecule has 0 saturated carbocycles. The van der Waals surface area contributed by atoms with Gasteiger partial charge in [0.2, 0.25) is 35.4 Å². The van der Waals surface area contributed by atoms with E-state index in [1.807, 2.05) is 77.9 Å². The molecule has 4 aromatic rings. The van der Waals surface area contributed by atoms with E-state index in [1.54, 1.807) is 64.3 Å². The molecule has 2 aliphatic carbocycles. The molecule has 2 saturated heterocycles. The maximum absolute atomic E-state index is 14.7. The van der Waals surface area contributed by atoms with Gasteiger partial charge in [0, 0.05) is 36.3 Å². The lowest BCUT2D eigenvalue weighted by atomic mass is 9.85. The maximum Gasteiger partial charge on any atom is 0.251 e. The van der Waals surface area contributed by atoms with E-state index in [-0.39, 0.29) is 69.1 Å². The number of amides is 8. The van der Waals surface area contributed by atoms with Crippen LogP contribution in [0.25, 0.3) is 10.8 Å². The number of likely N-dealkylation sites (N-methyl/N-ethyl adjacent to an activating group) is 2. The minimum absolute atomic E-state index is 0. The van der Waals surface area contributed by atoms with Crippen LogP contribution in [0.2, 0.25) is 0 Å². The average molecular weight is 1110 g/mol. The minimum Gasteiger partial charge on any atom is -0.347 e. The summed E-state index contributed by atoms with van der Waals surface area (Å²) < 4.78 is 0. The topological polar surface area (TPSA) is 239 Å². The van der Waals surface area contributed by atoms with E-state index in [0.29, 0.717) is 21.9 Å². The molecule has 2 aliphatic heterocycles. The Hall–Kier alpha value is -7.18. The first-order valence-electron chi connectivity index (χ1n) is 28.4. The molecule has 2 heterocycles. The first-order valence-corrected chi connectivity index (χ1v) is 28.4. The number of hydrogen-bond acceptors (Lipinski definition) is 10. The Kier molecular flexibility index (Phi) is 19.5. The smallest absolute Gasteiger partial charge is 0.251 e. The standard InChI is InChI=1S/C62H82N10O8.CH4/c1-35(63-9)53(73)69-51(61(3,4)5)59(79)71-33-43(31-49(71)57(77)67-47-23-15-19-37-17-11-13-21-45(37)47)65-55(75)41-27-25-40-30-42(28-26-39(40)29-41)56(76)66-44-32-50(58(78)68-48-24-16-20-38-18-12-14-22-46(38)48)72(34-44)60(80)52(62(6,7)8)70-54(74)36(2)64-10;/h11-14,17-18,21-22,25-30,35-36,43-44,47-52,63-64H,15-16,19-20,23-24,31-34H2,1-10H3,(H,65,75)(H,66,76)(H,67,77)(H,68,78)(H,69,73)(H,70,74);1H4/t35-,36-,43-,44-,47+,48+,49-,50-,51+,52+;/m0./s1. The summed E-state index contributed by atoms with van der Waals surface area (Å²) in [7, 11) is 3.33. The highest BCUT2D eigenvalue weighted by atomic mass is 16.2. The van der Waals surface area contributed by atoms with Gasteiger partial charge in [-0.1, -0.05) is 110 Å². The van der Waals surface area contributed by atoms with Crippen molar-refractivity contribution < 1.29 is 38.4 Å². The van der Waals surface area contributed by atoms with E-state index in [0.717, 1.165) is 49.7 Å². The molecule has 10 atom stereocenters. The molecule has 8 amide bonds. The Balaban J connectivity index is 0.00000946. The summed E-state index contributed by atoms with van der Waals surface area (Å²) in [5.74, 6) is -3.02. The van der Waals surface area contributed by atoms with Crippen LogP contribution in [0.5, 0.6) is 0 Å². The lowest BCUT2D eigenvalue weighted by Gasteiger charge is -2.36. The van der Waals surface area contributed by atoms with Crippen LogP contribution in [-0.4, -0.2) is 133 Å². The Morgan fingerprint density at radius 3 is 1.25 bits per heavy atom. The van der Waals surface area contributed by atoms with Crippen molar-refractivity contribution in [3.63, 3.8) is 0 Å². The van der Waals surface area contributed by atoms with Crippen LogP contribution in [0, 0.1) is 10.8 Å². The number of benzene rings is 4. The van der Waals surface area contributed by atoms with Crippen LogP contribution in [0.1, 0.15) is 156 Å². The Morgan fingerprint density at radius 1 is 0.519 bits per heavy atom. The van der Waals surface area contributed by atoms with Gasteiger partial charge in [-0.15, -0.1) is 0 Å². The van der Waals surface area contributed by atoms with Gasteiger partial charge in [-0.05, 0) is 147 Å². The molecule has 0 unspecified atom stereocenters. The summed E-state index contributed by atoms with van der Waals surface area (Å²) in [5, 5.41) is 25.7. The maximum atomic E-state index is 14.7. The molecule has 0 spiro atoms. The number of rotatable bonds is 16. The number of aryl methyl sites for hydroxylation is 2. The van der Waals surface area contributed by atoms with Gasteiger partial charge in [-0.3, -0.25) is 38.4 Å². The second-order valence-corrected chi connectivity index (χ2v) is 24.5. The number of nitrogens with zero attached hydrogens (tertiary/aromatic N) is 2. The summed E-state index contributed by atoms with van der Waals surface area (Å²) in [6.07, 6.45) is 5.43. The molecule has 0 radical (unpaired) electrons. The van der Waals surface area contributed by atoms with Gasteiger partial charge in [0.15, 0.2) is 0 Å². The zero-order chi connectivity index (χ0) is 57.8. The van der Waals surface area contributed by atoms with E-state index in [9.17, 15) is 38.4 Å². The summed E-state index contributed by atoms with van der Waals surface area (Å²) in [5.41, 5.74) is 3.68. The number of hydrogen-bond donors (Lipinski definition) is 8. The summed E-state index contributed by atoms with van der Waals surface area (Å²) in [6, 6.07) is 19.7. The van der Waals surface area contributed by atoms with Gasteiger partial charge in [-0.2, -0.15) is 0 Å². The monoisotopic (exact) mass is 1110 g/mol. The number of carbonyl (C=O) groups excluding carboxylic acids is 8. The zero-order valence-corrected chi connectivity index (χ0v) is 48.1. The van der Waals surface area contributed by atoms with E-state index < -0.39 is 82.8 Å². The van der Waals surface area contributed by atoms with Crippen LogP contribution in [-0.2, 0) is 41.6 Å². The van der Waals surface area contributed by atoms with Gasteiger partial charge >= 0.3 is 0 Å². The first-order chi connectivity index (χ1) is 37.9. The van der Waals surface area contributed by atoms with Crippen LogP contribution in [0.15, 0.2) is 84.9 Å². The van der Waals surface area contributed by atoms with Gasteiger partial charge in [0.1, 0.15) is 24.2 Å². The van der Waals surface area contributed by atoms with Crippen LogP contribution in [0.4, 0.5) is 0 Å². The summed E-state index contributed by atoms with van der Waals surface area (Å²) in [4.78, 5) is 116. The zero-order valence-electron chi connectivity index (χ0n) is 48.1. The largest absolute Gasteiger partial charge is 0.347 e. The molecule has 4 aliphatic rings. The fourth-order valence-corrected chi connectivity index (χ4v) is 11.7. The molecule has 2 fully saturated rings. The van der Waals surface area contributed by atoms with Gasteiger partial charge in [0.25, 0.3) is 11.8 Å². The molecule has 436 valence electrons. The molecular weight excluding hydrogens is 1020 g/mol. The predicted molar refractivity (Wildman–Crippen MR) is 314 cm³/mol. The van der Waals surface area contributed by atoms with E-state index >= 15 is 0 Å². The van der Waals surface area contributed by atoms with E-state index in [2.05, 4.69) is 54.7 Å². The molecular formula is C63H86N10O8. The predicted octanol–water partition coefficient (Wildman–Crippen LogP) is 5.54.